The molecular formula is C15H22N2O2. The molecule has 0 atom stereocenters. The number of carbonyl (C=O) groups is 1. The second-order valence-electron chi connectivity index (χ2n) is 5.14. The van der Waals surface area contributed by atoms with Gasteiger partial charge in [0.05, 0.1) is 17.5 Å². The van der Waals surface area contributed by atoms with Gasteiger partial charge in [-0.15, -0.1) is 0 Å². The predicted octanol–water partition coefficient (Wildman–Crippen LogP) is 3.63. The molecule has 1 aromatic carbocycles. The van der Waals surface area contributed by atoms with Crippen molar-refractivity contribution in [3.05, 3.63) is 24.3 Å². The maximum atomic E-state index is 11.7. The van der Waals surface area contributed by atoms with Crippen LogP contribution < -0.4 is 10.2 Å². The number of para-hydroxylation sites is 2. The van der Waals surface area contributed by atoms with E-state index in [4.69, 9.17) is 4.74 Å². The fourth-order valence-electron chi connectivity index (χ4n) is 2.34. The van der Waals surface area contributed by atoms with Crippen LogP contribution in [0.15, 0.2) is 24.3 Å². The van der Waals surface area contributed by atoms with Crippen molar-refractivity contribution in [2.45, 2.75) is 39.2 Å². The zero-order chi connectivity index (χ0) is 13.7. The molecule has 0 aliphatic carbocycles. The molecule has 1 aliphatic heterocycles. The number of carbonyl (C=O) groups excluding carboxylic acids is 1. The van der Waals surface area contributed by atoms with Gasteiger partial charge in [0.1, 0.15) is 0 Å². The van der Waals surface area contributed by atoms with Crippen molar-refractivity contribution in [2.75, 3.05) is 23.3 Å². The molecule has 4 nitrogen and oxygen atoms in total. The molecule has 0 bridgehead atoms. The summed E-state index contributed by atoms with van der Waals surface area (Å²) in [6, 6.07) is 7.91. The monoisotopic (exact) mass is 262 g/mol. The lowest BCUT2D eigenvalue weighted by atomic mass is 10.1. The molecule has 0 unspecified atom stereocenters. The van der Waals surface area contributed by atoms with Crippen LogP contribution in [0.5, 0.6) is 0 Å². The van der Waals surface area contributed by atoms with Crippen molar-refractivity contribution in [1.82, 2.24) is 0 Å². The molecule has 0 radical (unpaired) electrons. The SMILES string of the molecule is CC(C)OC(=O)Nc1ccccc1N1CCCCC1. The third-order valence-electron chi connectivity index (χ3n) is 3.18. The van der Waals surface area contributed by atoms with Gasteiger partial charge in [0, 0.05) is 13.1 Å². The van der Waals surface area contributed by atoms with Gasteiger partial charge in [0.2, 0.25) is 0 Å². The normalized spacial score (nSPS) is 15.4. The standard InChI is InChI=1S/C15H22N2O2/c1-12(2)19-15(18)16-13-8-4-5-9-14(13)17-10-6-3-7-11-17/h4-5,8-9,12H,3,6-7,10-11H2,1-2H3,(H,16,18). The third kappa shape index (κ3) is 3.88. The summed E-state index contributed by atoms with van der Waals surface area (Å²) >= 11 is 0. The van der Waals surface area contributed by atoms with Gasteiger partial charge in [-0.1, -0.05) is 12.1 Å². The largest absolute Gasteiger partial charge is 0.447 e. The number of piperidine rings is 1. The number of rotatable bonds is 3. The van der Waals surface area contributed by atoms with Gasteiger partial charge in [-0.05, 0) is 45.2 Å². The van der Waals surface area contributed by atoms with Gasteiger partial charge in [0.25, 0.3) is 0 Å². The smallest absolute Gasteiger partial charge is 0.411 e. The van der Waals surface area contributed by atoms with E-state index in [1.165, 1.54) is 19.3 Å². The highest BCUT2D eigenvalue weighted by Gasteiger charge is 2.15. The molecule has 2 rings (SSSR count). The Morgan fingerprint density at radius 3 is 2.58 bits per heavy atom. The van der Waals surface area contributed by atoms with E-state index in [0.717, 1.165) is 24.5 Å². The highest BCUT2D eigenvalue weighted by molar-refractivity contribution is 5.89. The van der Waals surface area contributed by atoms with Crippen LogP contribution in [0.4, 0.5) is 16.2 Å². The van der Waals surface area contributed by atoms with Crippen LogP contribution in [0, 0.1) is 0 Å². The van der Waals surface area contributed by atoms with Gasteiger partial charge in [-0.3, -0.25) is 5.32 Å². The quantitative estimate of drug-likeness (QED) is 0.904. The molecule has 4 heteroatoms. The average Bonchev–Trinajstić information content (AvgIpc) is 2.39. The fraction of sp³-hybridized carbons (Fsp3) is 0.533. The molecule has 0 spiro atoms. The van der Waals surface area contributed by atoms with E-state index in [1.54, 1.807) is 0 Å². The Kier molecular flexibility index (Phi) is 4.66. The Balaban J connectivity index is 2.09. The van der Waals surface area contributed by atoms with Crippen LogP contribution in [-0.2, 0) is 4.74 Å². The summed E-state index contributed by atoms with van der Waals surface area (Å²) in [4.78, 5) is 14.0. The molecule has 1 aromatic rings. The Morgan fingerprint density at radius 1 is 1.21 bits per heavy atom. The van der Waals surface area contributed by atoms with Gasteiger partial charge >= 0.3 is 6.09 Å². The minimum Gasteiger partial charge on any atom is -0.447 e. The van der Waals surface area contributed by atoms with Crippen LogP contribution in [0.2, 0.25) is 0 Å². The van der Waals surface area contributed by atoms with Crippen LogP contribution >= 0.6 is 0 Å². The molecule has 1 amide bonds. The van der Waals surface area contributed by atoms with Crippen LogP contribution in [-0.4, -0.2) is 25.3 Å². The van der Waals surface area contributed by atoms with Crippen molar-refractivity contribution in [2.24, 2.45) is 0 Å². The number of hydrogen-bond donors (Lipinski definition) is 1. The number of nitrogens with zero attached hydrogens (tertiary/aromatic N) is 1. The molecular weight excluding hydrogens is 240 g/mol. The van der Waals surface area contributed by atoms with Gasteiger partial charge in [0.15, 0.2) is 0 Å². The van der Waals surface area contributed by atoms with E-state index in [2.05, 4.69) is 16.3 Å². The van der Waals surface area contributed by atoms with Crippen LogP contribution in [0.1, 0.15) is 33.1 Å². The molecule has 0 saturated carbocycles. The van der Waals surface area contributed by atoms with Gasteiger partial charge in [-0.25, -0.2) is 4.79 Å². The topological polar surface area (TPSA) is 41.6 Å². The summed E-state index contributed by atoms with van der Waals surface area (Å²) < 4.78 is 5.13. The summed E-state index contributed by atoms with van der Waals surface area (Å²) in [6.07, 6.45) is 3.22. The highest BCUT2D eigenvalue weighted by atomic mass is 16.6. The number of ether oxygens (including phenoxy) is 1. The van der Waals surface area contributed by atoms with Crippen molar-refractivity contribution >= 4 is 17.5 Å². The molecule has 104 valence electrons. The Bertz CT molecular complexity index is 426. The van der Waals surface area contributed by atoms with Crippen LogP contribution in [0.25, 0.3) is 0 Å². The maximum absolute atomic E-state index is 11.7. The Labute approximate surface area is 114 Å². The average molecular weight is 262 g/mol. The summed E-state index contributed by atoms with van der Waals surface area (Å²) in [7, 11) is 0. The molecule has 19 heavy (non-hydrogen) atoms. The second-order valence-corrected chi connectivity index (χ2v) is 5.14. The molecule has 1 heterocycles. The molecule has 1 aliphatic rings. The van der Waals surface area contributed by atoms with Crippen LogP contribution in [0.3, 0.4) is 0 Å². The number of nitrogens with one attached hydrogen (secondary N) is 1. The summed E-state index contributed by atoms with van der Waals surface area (Å²) in [5.74, 6) is 0. The lowest BCUT2D eigenvalue weighted by Crippen LogP contribution is -2.30. The number of anilines is 2. The van der Waals surface area contributed by atoms with E-state index in [-0.39, 0.29) is 12.2 Å². The zero-order valence-corrected chi connectivity index (χ0v) is 11.7. The first-order valence-electron chi connectivity index (χ1n) is 6.98. The third-order valence-corrected chi connectivity index (χ3v) is 3.18. The summed E-state index contributed by atoms with van der Waals surface area (Å²) in [5, 5.41) is 2.84. The first kappa shape index (κ1) is 13.7. The Morgan fingerprint density at radius 2 is 1.89 bits per heavy atom. The molecule has 1 N–H and O–H groups in total. The summed E-state index contributed by atoms with van der Waals surface area (Å²) in [5.41, 5.74) is 1.91. The van der Waals surface area contributed by atoms with E-state index in [9.17, 15) is 4.79 Å². The predicted molar refractivity (Wildman–Crippen MR) is 77.7 cm³/mol. The van der Waals surface area contributed by atoms with Crippen molar-refractivity contribution < 1.29 is 9.53 Å². The van der Waals surface area contributed by atoms with Gasteiger partial charge < -0.3 is 9.64 Å². The highest BCUT2D eigenvalue weighted by Crippen LogP contribution is 2.28. The molecule has 1 saturated heterocycles. The van der Waals surface area contributed by atoms with Crippen molar-refractivity contribution in [3.63, 3.8) is 0 Å². The minimum atomic E-state index is -0.389. The van der Waals surface area contributed by atoms with E-state index < -0.39 is 0 Å². The number of hydrogen-bond acceptors (Lipinski definition) is 3. The molecule has 0 aromatic heterocycles. The molecule has 1 fully saturated rings. The lowest BCUT2D eigenvalue weighted by Gasteiger charge is -2.30. The Hall–Kier alpha value is -1.71. The maximum Gasteiger partial charge on any atom is 0.411 e. The fourth-order valence-corrected chi connectivity index (χ4v) is 2.34. The lowest BCUT2D eigenvalue weighted by molar-refractivity contribution is 0.130. The van der Waals surface area contributed by atoms with E-state index in [0.29, 0.717) is 0 Å². The van der Waals surface area contributed by atoms with Crippen molar-refractivity contribution in [3.8, 4) is 0 Å². The first-order chi connectivity index (χ1) is 9.16. The number of benzene rings is 1. The second kappa shape index (κ2) is 6.45. The first-order valence-corrected chi connectivity index (χ1v) is 6.98. The zero-order valence-electron chi connectivity index (χ0n) is 11.7. The minimum absolute atomic E-state index is 0.109. The summed E-state index contributed by atoms with van der Waals surface area (Å²) in [6.45, 7) is 5.79. The number of amides is 1. The van der Waals surface area contributed by atoms with Gasteiger partial charge in [-0.2, -0.15) is 0 Å². The van der Waals surface area contributed by atoms with E-state index >= 15 is 0 Å². The van der Waals surface area contributed by atoms with Crippen molar-refractivity contribution in [1.29, 1.82) is 0 Å². The van der Waals surface area contributed by atoms with E-state index in [1.807, 2.05) is 32.0 Å².